The number of hydrogen-bond acceptors (Lipinski definition) is 5. The second kappa shape index (κ2) is 7.56. The number of anilines is 1. The van der Waals surface area contributed by atoms with Gasteiger partial charge in [0.1, 0.15) is 11.3 Å². The van der Waals surface area contributed by atoms with Crippen molar-refractivity contribution in [2.24, 2.45) is 0 Å². The smallest absolute Gasteiger partial charge is 0.282 e. The lowest BCUT2D eigenvalue weighted by atomic mass is 10.1. The van der Waals surface area contributed by atoms with E-state index in [-0.39, 0.29) is 17.4 Å². The fraction of sp³-hybridized carbons (Fsp3) is 0.235. The number of nitro groups is 1. The summed E-state index contributed by atoms with van der Waals surface area (Å²) in [6.07, 6.45) is -0.131. The quantitative estimate of drug-likeness (QED) is 0.646. The number of benzene rings is 2. The van der Waals surface area contributed by atoms with Gasteiger partial charge in [-0.3, -0.25) is 14.9 Å². The predicted molar refractivity (Wildman–Crippen MR) is 89.5 cm³/mol. The van der Waals surface area contributed by atoms with Crippen LogP contribution in [-0.4, -0.2) is 25.1 Å². The Morgan fingerprint density at radius 2 is 1.96 bits per heavy atom. The summed E-state index contributed by atoms with van der Waals surface area (Å²) in [5.74, 6) is -0.213. The molecular formula is C17H18N2O5. The van der Waals surface area contributed by atoms with Crippen molar-refractivity contribution in [3.63, 3.8) is 0 Å². The number of amides is 1. The molecule has 7 nitrogen and oxygen atoms in total. The van der Waals surface area contributed by atoms with Crippen LogP contribution in [0.4, 0.5) is 11.4 Å². The highest BCUT2D eigenvalue weighted by atomic mass is 16.6. The van der Waals surface area contributed by atoms with E-state index in [9.17, 15) is 14.9 Å². The lowest BCUT2D eigenvalue weighted by Gasteiger charge is -2.12. The molecule has 0 saturated heterocycles. The number of nitrogens with zero attached hydrogens (tertiary/aromatic N) is 1. The molecule has 2 aromatic carbocycles. The van der Waals surface area contributed by atoms with Crippen molar-refractivity contribution >= 4 is 17.3 Å². The van der Waals surface area contributed by atoms with Crippen LogP contribution in [0.2, 0.25) is 0 Å². The molecule has 1 unspecified atom stereocenters. The minimum absolute atomic E-state index is 0.0652. The number of hydrogen-bond donors (Lipinski definition) is 1. The van der Waals surface area contributed by atoms with E-state index in [4.69, 9.17) is 9.47 Å². The summed E-state index contributed by atoms with van der Waals surface area (Å²) in [5, 5.41) is 13.8. The molecule has 0 aliphatic rings. The van der Waals surface area contributed by atoms with E-state index < -0.39 is 10.8 Å². The zero-order valence-corrected chi connectivity index (χ0v) is 13.6. The highest BCUT2D eigenvalue weighted by molar-refractivity contribution is 6.07. The summed E-state index contributed by atoms with van der Waals surface area (Å²) in [4.78, 5) is 23.0. The molecule has 0 spiro atoms. The number of nitrogens with one attached hydrogen (secondary N) is 1. The second-order valence-electron chi connectivity index (χ2n) is 5.10. The van der Waals surface area contributed by atoms with Gasteiger partial charge in [-0.2, -0.15) is 0 Å². The van der Waals surface area contributed by atoms with Gasteiger partial charge in [-0.15, -0.1) is 0 Å². The summed E-state index contributed by atoms with van der Waals surface area (Å²) in [6.45, 7) is 1.88. The minimum atomic E-state index is -0.599. The van der Waals surface area contributed by atoms with Crippen molar-refractivity contribution in [1.82, 2.24) is 0 Å². The van der Waals surface area contributed by atoms with Gasteiger partial charge in [-0.05, 0) is 36.8 Å². The normalized spacial score (nSPS) is 11.6. The van der Waals surface area contributed by atoms with Gasteiger partial charge in [-0.1, -0.05) is 12.1 Å². The first-order valence-electron chi connectivity index (χ1n) is 7.22. The van der Waals surface area contributed by atoms with Crippen molar-refractivity contribution in [1.29, 1.82) is 0 Å². The predicted octanol–water partition coefficient (Wildman–Crippen LogP) is 3.56. The number of methoxy groups -OCH3 is 2. The molecular weight excluding hydrogens is 312 g/mol. The summed E-state index contributed by atoms with van der Waals surface area (Å²) in [5.41, 5.74) is 1.06. The molecule has 0 radical (unpaired) electrons. The van der Waals surface area contributed by atoms with Gasteiger partial charge in [0, 0.05) is 18.9 Å². The molecule has 1 amide bonds. The number of ether oxygens (including phenoxy) is 2. The van der Waals surface area contributed by atoms with Crippen molar-refractivity contribution < 1.29 is 19.2 Å². The maximum Gasteiger partial charge on any atom is 0.282 e. The lowest BCUT2D eigenvalue weighted by molar-refractivity contribution is -0.385. The SMILES string of the molecule is COc1ccc([N+](=O)[O-])c(C(=O)Nc2cccc(C(C)OC)c2)c1. The Morgan fingerprint density at radius 1 is 1.21 bits per heavy atom. The zero-order valence-electron chi connectivity index (χ0n) is 13.6. The van der Waals surface area contributed by atoms with Crippen LogP contribution < -0.4 is 10.1 Å². The van der Waals surface area contributed by atoms with Crippen LogP contribution in [0.1, 0.15) is 28.9 Å². The zero-order chi connectivity index (χ0) is 17.7. The van der Waals surface area contributed by atoms with E-state index in [1.54, 1.807) is 25.3 Å². The second-order valence-corrected chi connectivity index (χ2v) is 5.10. The summed E-state index contributed by atoms with van der Waals surface area (Å²) in [6, 6.07) is 11.1. The number of carbonyl (C=O) groups is 1. The molecule has 0 aliphatic carbocycles. The highest BCUT2D eigenvalue weighted by Crippen LogP contribution is 2.26. The number of nitro benzene ring substituents is 1. The molecule has 0 aliphatic heterocycles. The van der Waals surface area contributed by atoms with Crippen molar-refractivity contribution in [2.45, 2.75) is 13.0 Å². The van der Waals surface area contributed by atoms with Gasteiger partial charge in [-0.25, -0.2) is 0 Å². The van der Waals surface area contributed by atoms with Gasteiger partial charge in [0.25, 0.3) is 11.6 Å². The monoisotopic (exact) mass is 330 g/mol. The van der Waals surface area contributed by atoms with Crippen LogP contribution in [0.5, 0.6) is 5.75 Å². The third-order valence-electron chi connectivity index (χ3n) is 3.61. The van der Waals surface area contributed by atoms with Crippen molar-refractivity contribution in [3.8, 4) is 5.75 Å². The van der Waals surface area contributed by atoms with Gasteiger partial charge in [0.15, 0.2) is 0 Å². The molecule has 126 valence electrons. The molecule has 0 fully saturated rings. The largest absolute Gasteiger partial charge is 0.497 e. The Bertz CT molecular complexity index is 760. The van der Waals surface area contributed by atoms with Crippen LogP contribution >= 0.6 is 0 Å². The summed E-state index contributed by atoms with van der Waals surface area (Å²) < 4.78 is 10.3. The van der Waals surface area contributed by atoms with Gasteiger partial charge in [0.05, 0.1) is 18.1 Å². The van der Waals surface area contributed by atoms with E-state index in [1.165, 1.54) is 25.3 Å². The van der Waals surface area contributed by atoms with Crippen LogP contribution in [0.25, 0.3) is 0 Å². The van der Waals surface area contributed by atoms with Gasteiger partial charge in [0.2, 0.25) is 0 Å². The maximum atomic E-state index is 12.5. The van der Waals surface area contributed by atoms with Crippen LogP contribution in [0.3, 0.4) is 0 Å². The van der Waals surface area contributed by atoms with E-state index in [0.29, 0.717) is 11.4 Å². The number of carbonyl (C=O) groups excluding carboxylic acids is 1. The molecule has 1 atom stereocenters. The molecule has 0 bridgehead atoms. The van der Waals surface area contributed by atoms with Gasteiger partial charge < -0.3 is 14.8 Å². The molecule has 2 aromatic rings. The Hall–Kier alpha value is -2.93. The van der Waals surface area contributed by atoms with E-state index in [0.717, 1.165) is 5.56 Å². The minimum Gasteiger partial charge on any atom is -0.497 e. The summed E-state index contributed by atoms with van der Waals surface area (Å²) in [7, 11) is 3.02. The molecule has 0 heterocycles. The van der Waals surface area contributed by atoms with E-state index in [1.807, 2.05) is 13.0 Å². The van der Waals surface area contributed by atoms with Crippen molar-refractivity contribution in [2.75, 3.05) is 19.5 Å². The third-order valence-corrected chi connectivity index (χ3v) is 3.61. The van der Waals surface area contributed by atoms with Crippen LogP contribution in [-0.2, 0) is 4.74 Å². The Kier molecular flexibility index (Phi) is 5.49. The fourth-order valence-electron chi connectivity index (χ4n) is 2.19. The maximum absolute atomic E-state index is 12.5. The molecule has 0 aromatic heterocycles. The van der Waals surface area contributed by atoms with Crippen LogP contribution in [0, 0.1) is 10.1 Å². The molecule has 2 rings (SSSR count). The Morgan fingerprint density at radius 3 is 2.58 bits per heavy atom. The summed E-state index contributed by atoms with van der Waals surface area (Å²) >= 11 is 0. The molecule has 24 heavy (non-hydrogen) atoms. The first kappa shape index (κ1) is 17.4. The van der Waals surface area contributed by atoms with E-state index >= 15 is 0 Å². The first-order chi connectivity index (χ1) is 11.5. The number of rotatable bonds is 6. The Balaban J connectivity index is 2.31. The molecule has 7 heteroatoms. The fourth-order valence-corrected chi connectivity index (χ4v) is 2.19. The molecule has 0 saturated carbocycles. The lowest BCUT2D eigenvalue weighted by Crippen LogP contribution is -2.14. The topological polar surface area (TPSA) is 90.7 Å². The van der Waals surface area contributed by atoms with Crippen molar-refractivity contribution in [3.05, 3.63) is 63.7 Å². The average molecular weight is 330 g/mol. The average Bonchev–Trinajstić information content (AvgIpc) is 2.60. The Labute approximate surface area is 139 Å². The van der Waals surface area contributed by atoms with E-state index in [2.05, 4.69) is 5.32 Å². The first-order valence-corrected chi connectivity index (χ1v) is 7.22. The molecule has 1 N–H and O–H groups in total. The third kappa shape index (κ3) is 3.88. The van der Waals surface area contributed by atoms with Crippen LogP contribution in [0.15, 0.2) is 42.5 Å². The highest BCUT2D eigenvalue weighted by Gasteiger charge is 2.21. The standard InChI is InChI=1S/C17H18N2O5/c1-11(23-2)12-5-4-6-13(9-12)18-17(20)15-10-14(24-3)7-8-16(15)19(21)22/h4-11H,1-3H3,(H,18,20). The van der Waals surface area contributed by atoms with Gasteiger partial charge >= 0.3 is 0 Å².